The summed E-state index contributed by atoms with van der Waals surface area (Å²) in [7, 11) is -1.74. The third kappa shape index (κ3) is 4.81. The third-order valence-corrected chi connectivity index (χ3v) is 7.42. The molecule has 1 aromatic heterocycles. The van der Waals surface area contributed by atoms with Gasteiger partial charge in [-0.1, -0.05) is 54.1 Å². The Morgan fingerprint density at radius 2 is 1.81 bits per heavy atom. The quantitative estimate of drug-likeness (QED) is 0.615. The molecule has 1 aliphatic heterocycles. The lowest BCUT2D eigenvalue weighted by atomic mass is 10.1. The lowest BCUT2D eigenvalue weighted by Gasteiger charge is -2.27. The van der Waals surface area contributed by atoms with Crippen LogP contribution in [0.4, 0.5) is 0 Å². The second kappa shape index (κ2) is 8.82. The van der Waals surface area contributed by atoms with Crippen LogP contribution in [0.2, 0.25) is 5.02 Å². The molecule has 2 aromatic carbocycles. The van der Waals surface area contributed by atoms with Gasteiger partial charge in [0.05, 0.1) is 5.75 Å². The zero-order chi connectivity index (χ0) is 22.0. The van der Waals surface area contributed by atoms with Gasteiger partial charge in [0.25, 0.3) is 5.91 Å². The van der Waals surface area contributed by atoms with E-state index in [2.05, 4.69) is 10.4 Å². The fourth-order valence-corrected chi connectivity index (χ4v) is 5.35. The number of sulfonamides is 1. The second-order valence-corrected chi connectivity index (χ2v) is 9.94. The molecule has 0 atom stereocenters. The molecular weight excluding hydrogens is 436 g/mol. The van der Waals surface area contributed by atoms with Crippen molar-refractivity contribution in [3.63, 3.8) is 0 Å². The van der Waals surface area contributed by atoms with Crippen molar-refractivity contribution in [2.45, 2.75) is 25.3 Å². The molecule has 7 nitrogen and oxygen atoms in total. The van der Waals surface area contributed by atoms with Crippen molar-refractivity contribution in [2.24, 2.45) is 7.05 Å². The molecule has 4 rings (SSSR count). The van der Waals surface area contributed by atoms with E-state index in [1.54, 1.807) is 36.0 Å². The monoisotopic (exact) mass is 458 g/mol. The summed E-state index contributed by atoms with van der Waals surface area (Å²) < 4.78 is 29.1. The maximum absolute atomic E-state index is 13.0. The fraction of sp³-hybridized carbons (Fsp3) is 0.273. The second-order valence-electron chi connectivity index (χ2n) is 7.53. The van der Waals surface area contributed by atoms with Crippen LogP contribution in [-0.2, 0) is 42.3 Å². The van der Waals surface area contributed by atoms with Gasteiger partial charge in [0, 0.05) is 49.4 Å². The van der Waals surface area contributed by atoms with Crippen molar-refractivity contribution in [2.75, 3.05) is 6.54 Å². The lowest BCUT2D eigenvalue weighted by molar-refractivity contribution is 0.0943. The van der Waals surface area contributed by atoms with E-state index in [-0.39, 0.29) is 23.9 Å². The van der Waals surface area contributed by atoms with Gasteiger partial charge in [0.2, 0.25) is 10.0 Å². The van der Waals surface area contributed by atoms with Crippen LogP contribution in [0, 0.1) is 0 Å². The Morgan fingerprint density at radius 1 is 1.10 bits per heavy atom. The Kier molecular flexibility index (Phi) is 6.13. The van der Waals surface area contributed by atoms with E-state index >= 15 is 0 Å². The van der Waals surface area contributed by atoms with Crippen molar-refractivity contribution >= 4 is 27.5 Å². The van der Waals surface area contributed by atoms with E-state index in [1.807, 2.05) is 30.3 Å². The van der Waals surface area contributed by atoms with Gasteiger partial charge in [0.15, 0.2) is 5.69 Å². The van der Waals surface area contributed by atoms with E-state index in [0.717, 1.165) is 16.8 Å². The largest absolute Gasteiger partial charge is 0.347 e. The molecule has 0 fully saturated rings. The first-order valence-electron chi connectivity index (χ1n) is 9.92. The van der Waals surface area contributed by atoms with Crippen LogP contribution < -0.4 is 5.32 Å². The standard InChI is InChI=1S/C22H23ClN4O3S/c1-26-20-11-12-27(31(29,30)15-17-5-3-2-4-6-17)14-19(20)21(25-26)22(28)24-13-16-7-9-18(23)10-8-16/h2-10H,11-15H2,1H3,(H,24,28). The molecule has 0 bridgehead atoms. The number of amides is 1. The Hall–Kier alpha value is -2.68. The molecular formula is C22H23ClN4O3S. The topological polar surface area (TPSA) is 84.3 Å². The van der Waals surface area contributed by atoms with Crippen molar-refractivity contribution in [1.82, 2.24) is 19.4 Å². The summed E-state index contributed by atoms with van der Waals surface area (Å²) in [5, 5.41) is 7.88. The van der Waals surface area contributed by atoms with Gasteiger partial charge in [-0.3, -0.25) is 9.48 Å². The smallest absolute Gasteiger partial charge is 0.272 e. The predicted octanol–water partition coefficient (Wildman–Crippen LogP) is 2.89. The number of nitrogens with one attached hydrogen (secondary N) is 1. The van der Waals surface area contributed by atoms with E-state index in [4.69, 9.17) is 11.6 Å². The molecule has 0 saturated carbocycles. The number of hydrogen-bond acceptors (Lipinski definition) is 4. The minimum atomic E-state index is -3.52. The molecule has 31 heavy (non-hydrogen) atoms. The highest BCUT2D eigenvalue weighted by molar-refractivity contribution is 7.88. The molecule has 1 amide bonds. The summed E-state index contributed by atoms with van der Waals surface area (Å²) in [6.07, 6.45) is 0.511. The lowest BCUT2D eigenvalue weighted by Crippen LogP contribution is -2.37. The Labute approximate surface area is 186 Å². The summed E-state index contributed by atoms with van der Waals surface area (Å²) >= 11 is 5.90. The van der Waals surface area contributed by atoms with Gasteiger partial charge in [0.1, 0.15) is 0 Å². The predicted molar refractivity (Wildman–Crippen MR) is 119 cm³/mol. The number of halogens is 1. The highest BCUT2D eigenvalue weighted by Crippen LogP contribution is 2.25. The van der Waals surface area contributed by atoms with Crippen molar-refractivity contribution < 1.29 is 13.2 Å². The highest BCUT2D eigenvalue weighted by atomic mass is 35.5. The molecule has 0 spiro atoms. The average Bonchev–Trinajstić information content (AvgIpc) is 3.10. The summed E-state index contributed by atoms with van der Waals surface area (Å²) in [6.45, 7) is 0.840. The first-order valence-corrected chi connectivity index (χ1v) is 11.9. The molecule has 0 radical (unpaired) electrons. The summed E-state index contributed by atoms with van der Waals surface area (Å²) in [6, 6.07) is 16.3. The Morgan fingerprint density at radius 3 is 2.52 bits per heavy atom. The number of hydrogen-bond donors (Lipinski definition) is 1. The normalized spacial score (nSPS) is 14.3. The van der Waals surface area contributed by atoms with Crippen molar-refractivity contribution in [3.05, 3.63) is 87.7 Å². The van der Waals surface area contributed by atoms with E-state index in [1.165, 1.54) is 4.31 Å². The van der Waals surface area contributed by atoms with Crippen molar-refractivity contribution in [1.29, 1.82) is 0 Å². The van der Waals surface area contributed by atoms with E-state index < -0.39 is 10.0 Å². The van der Waals surface area contributed by atoms with E-state index in [0.29, 0.717) is 30.1 Å². The molecule has 1 N–H and O–H groups in total. The zero-order valence-corrected chi connectivity index (χ0v) is 18.7. The number of fused-ring (bicyclic) bond motifs is 1. The number of carbonyl (C=O) groups is 1. The van der Waals surface area contributed by atoms with Gasteiger partial charge in [-0.15, -0.1) is 0 Å². The van der Waals surface area contributed by atoms with Crippen LogP contribution >= 0.6 is 11.6 Å². The maximum atomic E-state index is 13.0. The van der Waals surface area contributed by atoms with Crippen molar-refractivity contribution in [3.8, 4) is 0 Å². The molecule has 1 aliphatic rings. The number of aromatic nitrogens is 2. The summed E-state index contributed by atoms with van der Waals surface area (Å²) in [5.74, 6) is -0.393. The number of aryl methyl sites for hydroxylation is 1. The molecule has 0 aliphatic carbocycles. The van der Waals surface area contributed by atoms with Crippen LogP contribution in [0.25, 0.3) is 0 Å². The fourth-order valence-electron chi connectivity index (χ4n) is 3.73. The maximum Gasteiger partial charge on any atom is 0.272 e. The number of rotatable bonds is 6. The number of nitrogens with zero attached hydrogens (tertiary/aromatic N) is 3. The van der Waals surface area contributed by atoms with Crippen LogP contribution in [0.1, 0.15) is 32.9 Å². The van der Waals surface area contributed by atoms with Crippen LogP contribution in [0.3, 0.4) is 0 Å². The molecule has 0 saturated heterocycles. The van der Waals surface area contributed by atoms with Gasteiger partial charge in [-0.05, 0) is 23.3 Å². The van der Waals surface area contributed by atoms with Gasteiger partial charge >= 0.3 is 0 Å². The summed E-state index contributed by atoms with van der Waals surface area (Å²) in [5.41, 5.74) is 3.47. The van der Waals surface area contributed by atoms with Gasteiger partial charge in [-0.2, -0.15) is 9.40 Å². The number of benzene rings is 2. The average molecular weight is 459 g/mol. The first-order chi connectivity index (χ1) is 14.8. The number of carbonyl (C=O) groups excluding carboxylic acids is 1. The molecule has 0 unspecified atom stereocenters. The van der Waals surface area contributed by atoms with Crippen LogP contribution in [-0.4, -0.2) is 35.0 Å². The van der Waals surface area contributed by atoms with Crippen LogP contribution in [0.5, 0.6) is 0 Å². The molecule has 162 valence electrons. The third-order valence-electron chi connectivity index (χ3n) is 5.37. The van der Waals surface area contributed by atoms with Gasteiger partial charge < -0.3 is 5.32 Å². The highest BCUT2D eigenvalue weighted by Gasteiger charge is 2.32. The molecule has 3 aromatic rings. The SMILES string of the molecule is Cn1nc(C(=O)NCc2ccc(Cl)cc2)c2c1CCN(S(=O)(=O)Cc1ccccc1)C2. The first kappa shape index (κ1) is 21.5. The van der Waals surface area contributed by atoms with Gasteiger partial charge in [-0.25, -0.2) is 8.42 Å². The van der Waals surface area contributed by atoms with Crippen LogP contribution in [0.15, 0.2) is 54.6 Å². The summed E-state index contributed by atoms with van der Waals surface area (Å²) in [4.78, 5) is 12.8. The molecule has 2 heterocycles. The zero-order valence-electron chi connectivity index (χ0n) is 17.1. The molecule has 9 heteroatoms. The van der Waals surface area contributed by atoms with E-state index in [9.17, 15) is 13.2 Å². The Bertz CT molecular complexity index is 1190. The minimum absolute atomic E-state index is 0.0679. The minimum Gasteiger partial charge on any atom is -0.347 e. The Balaban J connectivity index is 1.51.